The molecule has 2 aromatic rings. The van der Waals surface area contributed by atoms with Crippen LogP contribution >= 0.6 is 0 Å². The van der Waals surface area contributed by atoms with Crippen LogP contribution in [-0.4, -0.2) is 21.0 Å². The summed E-state index contributed by atoms with van der Waals surface area (Å²) in [6.07, 6.45) is 12.2. The van der Waals surface area contributed by atoms with Crippen LogP contribution in [0, 0.1) is 0 Å². The summed E-state index contributed by atoms with van der Waals surface area (Å²) < 4.78 is 7.05. The van der Waals surface area contributed by atoms with Crippen molar-refractivity contribution in [1.82, 2.24) is 15.0 Å². The highest BCUT2D eigenvalue weighted by molar-refractivity contribution is 5.69. The summed E-state index contributed by atoms with van der Waals surface area (Å²) >= 11 is 0. The number of ether oxygens (including phenoxy) is 1. The van der Waals surface area contributed by atoms with Gasteiger partial charge in [-0.15, -0.1) is 11.7 Å². The Hall–Kier alpha value is -2.43. The first-order valence-electron chi connectivity index (χ1n) is 10.7. The molecule has 2 rings (SSSR count). The predicted octanol–water partition coefficient (Wildman–Crippen LogP) is 5.91. The van der Waals surface area contributed by atoms with E-state index in [-0.39, 0.29) is 18.0 Å². The number of allylic oxidation sites excluding steroid dienone is 1. The van der Waals surface area contributed by atoms with E-state index in [2.05, 4.69) is 49.8 Å². The van der Waals surface area contributed by atoms with Crippen LogP contribution in [0.3, 0.4) is 0 Å². The third kappa shape index (κ3) is 8.22. The molecule has 0 bridgehead atoms. The Balaban J connectivity index is 1.68. The quantitative estimate of drug-likeness (QED) is 0.254. The van der Waals surface area contributed by atoms with Crippen LogP contribution in [0.5, 0.6) is 0 Å². The number of carbonyl (C=O) groups excluding carboxylic acids is 1. The Morgan fingerprint density at radius 2 is 1.72 bits per heavy atom. The molecule has 158 valence electrons. The van der Waals surface area contributed by atoms with Crippen molar-refractivity contribution in [2.45, 2.75) is 84.2 Å². The number of esters is 1. The molecule has 0 spiro atoms. The molecule has 0 unspecified atom stereocenters. The highest BCUT2D eigenvalue weighted by atomic mass is 16.5. The molecular weight excluding hydrogens is 362 g/mol. The average Bonchev–Trinajstić information content (AvgIpc) is 3.17. The molecule has 29 heavy (non-hydrogen) atoms. The maximum Gasteiger partial charge on any atom is 0.306 e. The highest BCUT2D eigenvalue weighted by Crippen LogP contribution is 2.23. The fraction of sp³-hybridized carbons (Fsp3) is 0.542. The number of nitrogens with zero attached hydrogens (tertiary/aromatic N) is 3. The zero-order valence-corrected chi connectivity index (χ0v) is 18.2. The van der Waals surface area contributed by atoms with Gasteiger partial charge in [0, 0.05) is 6.42 Å². The van der Waals surface area contributed by atoms with Crippen molar-refractivity contribution in [3.8, 4) is 5.69 Å². The van der Waals surface area contributed by atoms with Crippen LogP contribution in [0.15, 0.2) is 43.1 Å². The van der Waals surface area contributed by atoms with Crippen LogP contribution < -0.4 is 0 Å². The fourth-order valence-corrected chi connectivity index (χ4v) is 3.10. The van der Waals surface area contributed by atoms with Gasteiger partial charge in [0.15, 0.2) is 0 Å². The minimum Gasteiger partial charge on any atom is -0.459 e. The molecule has 0 aliphatic carbocycles. The monoisotopic (exact) mass is 397 g/mol. The maximum atomic E-state index is 11.9. The summed E-state index contributed by atoms with van der Waals surface area (Å²) in [6, 6.07) is 8.28. The van der Waals surface area contributed by atoms with Crippen molar-refractivity contribution < 1.29 is 9.53 Å². The van der Waals surface area contributed by atoms with Crippen molar-refractivity contribution in [2.75, 3.05) is 0 Å². The van der Waals surface area contributed by atoms with Gasteiger partial charge in [-0.05, 0) is 42.4 Å². The zero-order chi connectivity index (χ0) is 21.1. The second kappa shape index (κ2) is 11.5. The molecule has 0 fully saturated rings. The van der Waals surface area contributed by atoms with Gasteiger partial charge in [0.05, 0.1) is 11.9 Å². The third-order valence-corrected chi connectivity index (χ3v) is 4.96. The molecule has 1 aromatic heterocycles. The van der Waals surface area contributed by atoms with Crippen molar-refractivity contribution in [3.05, 3.63) is 54.4 Å². The van der Waals surface area contributed by atoms with E-state index in [0.717, 1.165) is 24.9 Å². The van der Waals surface area contributed by atoms with E-state index in [1.165, 1.54) is 31.2 Å². The van der Waals surface area contributed by atoms with Crippen LogP contribution in [0.4, 0.5) is 0 Å². The molecule has 0 saturated heterocycles. The molecule has 1 aromatic carbocycles. The van der Waals surface area contributed by atoms with Crippen LogP contribution in [0.2, 0.25) is 0 Å². The van der Waals surface area contributed by atoms with Crippen molar-refractivity contribution >= 4 is 5.97 Å². The van der Waals surface area contributed by atoms with Gasteiger partial charge in [0.2, 0.25) is 0 Å². The largest absolute Gasteiger partial charge is 0.459 e. The maximum absolute atomic E-state index is 11.9. The summed E-state index contributed by atoms with van der Waals surface area (Å²) in [5.74, 6) is -0.166. The zero-order valence-electron chi connectivity index (χ0n) is 18.2. The first kappa shape index (κ1) is 22.9. The molecule has 0 aliphatic heterocycles. The lowest BCUT2D eigenvalue weighted by atomic mass is 9.87. The SMILES string of the molecule is C=CCCCCCCCCC(=O)OCc1cn(-c2ccc(C(C)(C)C)cc2)nn1. The third-order valence-electron chi connectivity index (χ3n) is 4.96. The number of rotatable bonds is 12. The Morgan fingerprint density at radius 1 is 1.07 bits per heavy atom. The fourth-order valence-electron chi connectivity index (χ4n) is 3.10. The van der Waals surface area contributed by atoms with E-state index in [9.17, 15) is 4.79 Å². The van der Waals surface area contributed by atoms with E-state index < -0.39 is 0 Å². The molecule has 5 nitrogen and oxygen atoms in total. The predicted molar refractivity (Wildman–Crippen MR) is 117 cm³/mol. The van der Waals surface area contributed by atoms with Crippen molar-refractivity contribution in [3.63, 3.8) is 0 Å². The number of carbonyl (C=O) groups is 1. The Morgan fingerprint density at radius 3 is 2.38 bits per heavy atom. The number of unbranched alkanes of at least 4 members (excludes halogenated alkanes) is 6. The van der Waals surface area contributed by atoms with Gasteiger partial charge < -0.3 is 4.74 Å². The van der Waals surface area contributed by atoms with Crippen molar-refractivity contribution in [2.24, 2.45) is 0 Å². The van der Waals surface area contributed by atoms with Crippen LogP contribution in [-0.2, 0) is 21.6 Å². The summed E-state index contributed by atoms with van der Waals surface area (Å²) in [5, 5.41) is 8.25. The second-order valence-corrected chi connectivity index (χ2v) is 8.56. The summed E-state index contributed by atoms with van der Waals surface area (Å²) in [5.41, 5.74) is 2.98. The summed E-state index contributed by atoms with van der Waals surface area (Å²) in [7, 11) is 0. The van der Waals surface area contributed by atoms with Gasteiger partial charge in [0.1, 0.15) is 12.3 Å². The van der Waals surface area contributed by atoms with Gasteiger partial charge in [-0.2, -0.15) is 0 Å². The summed E-state index contributed by atoms with van der Waals surface area (Å²) in [4.78, 5) is 11.9. The lowest BCUT2D eigenvalue weighted by molar-refractivity contribution is -0.145. The highest BCUT2D eigenvalue weighted by Gasteiger charge is 2.13. The van der Waals surface area contributed by atoms with E-state index in [0.29, 0.717) is 12.1 Å². The van der Waals surface area contributed by atoms with Gasteiger partial charge >= 0.3 is 5.97 Å². The molecule has 0 radical (unpaired) electrons. The molecule has 0 amide bonds. The van der Waals surface area contributed by atoms with E-state index in [4.69, 9.17) is 4.74 Å². The molecule has 5 heteroatoms. The molecule has 0 N–H and O–H groups in total. The average molecular weight is 398 g/mol. The molecular formula is C24H35N3O2. The molecule has 1 heterocycles. The van der Waals surface area contributed by atoms with Crippen LogP contribution in [0.1, 0.15) is 83.4 Å². The Labute approximate surface area is 175 Å². The number of hydrogen-bond donors (Lipinski definition) is 0. The normalized spacial score (nSPS) is 11.4. The summed E-state index contributed by atoms with van der Waals surface area (Å²) in [6.45, 7) is 10.5. The number of aromatic nitrogens is 3. The van der Waals surface area contributed by atoms with E-state index in [1.807, 2.05) is 24.4 Å². The van der Waals surface area contributed by atoms with E-state index >= 15 is 0 Å². The molecule has 0 aliphatic rings. The van der Waals surface area contributed by atoms with Gasteiger partial charge in [0.25, 0.3) is 0 Å². The lowest BCUT2D eigenvalue weighted by Gasteiger charge is -2.18. The molecule has 0 atom stereocenters. The molecule has 0 saturated carbocycles. The van der Waals surface area contributed by atoms with Gasteiger partial charge in [-0.25, -0.2) is 4.68 Å². The lowest BCUT2D eigenvalue weighted by Crippen LogP contribution is -2.10. The topological polar surface area (TPSA) is 57.0 Å². The van der Waals surface area contributed by atoms with Gasteiger partial charge in [-0.1, -0.05) is 69.9 Å². The standard InChI is InChI=1S/C24H35N3O2/c1-5-6-7-8-9-10-11-12-13-23(28)29-19-21-18-27(26-25-21)22-16-14-20(15-17-22)24(2,3)4/h5,14-18H,1,6-13,19H2,2-4H3. The number of benzene rings is 1. The Bertz CT molecular complexity index is 757. The minimum absolute atomic E-state index is 0.117. The van der Waals surface area contributed by atoms with E-state index in [1.54, 1.807) is 4.68 Å². The second-order valence-electron chi connectivity index (χ2n) is 8.56. The minimum atomic E-state index is -0.166. The first-order valence-corrected chi connectivity index (χ1v) is 10.7. The van der Waals surface area contributed by atoms with Crippen LogP contribution in [0.25, 0.3) is 5.69 Å². The van der Waals surface area contributed by atoms with Gasteiger partial charge in [-0.3, -0.25) is 4.79 Å². The number of hydrogen-bond acceptors (Lipinski definition) is 4. The smallest absolute Gasteiger partial charge is 0.306 e. The first-order chi connectivity index (χ1) is 13.9. The van der Waals surface area contributed by atoms with Crippen molar-refractivity contribution in [1.29, 1.82) is 0 Å². The Kier molecular flexibility index (Phi) is 9.10.